The molecule has 1 unspecified atom stereocenters. The monoisotopic (exact) mass is 510 g/mol. The number of pyridine rings is 3. The Hall–Kier alpha value is -3.86. The van der Waals surface area contributed by atoms with Gasteiger partial charge in [-0.2, -0.15) is 11.3 Å². The number of imidazole rings is 1. The highest BCUT2D eigenvalue weighted by atomic mass is 32.1. The molecule has 7 heterocycles. The largest absolute Gasteiger partial charge is 0.489 e. The number of piperidine rings is 1. The fourth-order valence-corrected chi connectivity index (χ4v) is 5.72. The molecule has 5 aromatic rings. The minimum atomic E-state index is -0.686. The Morgan fingerprint density at radius 3 is 2.84 bits per heavy atom. The van der Waals surface area contributed by atoms with Crippen LogP contribution >= 0.6 is 11.3 Å². The number of hydrazine groups is 1. The normalized spacial score (nSPS) is 19.6. The van der Waals surface area contributed by atoms with Crippen LogP contribution < -0.4 is 20.9 Å². The van der Waals surface area contributed by atoms with Gasteiger partial charge in [0.05, 0.1) is 28.8 Å². The smallest absolute Gasteiger partial charge is 0.178 e. The quantitative estimate of drug-likeness (QED) is 0.274. The number of anilines is 1. The lowest BCUT2D eigenvalue weighted by Crippen LogP contribution is -2.39. The van der Waals surface area contributed by atoms with Gasteiger partial charge in [0.15, 0.2) is 5.65 Å². The lowest BCUT2D eigenvalue weighted by atomic mass is 9.96. The van der Waals surface area contributed by atoms with Gasteiger partial charge in [-0.05, 0) is 79.5 Å². The van der Waals surface area contributed by atoms with Crippen molar-refractivity contribution in [3.63, 3.8) is 0 Å². The van der Waals surface area contributed by atoms with Gasteiger partial charge in [0.25, 0.3) is 0 Å². The van der Waals surface area contributed by atoms with Crippen molar-refractivity contribution in [3.8, 4) is 28.1 Å². The Kier molecular flexibility index (Phi) is 5.38. The van der Waals surface area contributed by atoms with Gasteiger partial charge < -0.3 is 20.5 Å². The second kappa shape index (κ2) is 8.91. The van der Waals surface area contributed by atoms with E-state index in [1.165, 1.54) is 0 Å². The number of hydrogen-bond donors (Lipinski definition) is 4. The van der Waals surface area contributed by atoms with E-state index >= 15 is 0 Å². The Morgan fingerprint density at radius 2 is 1.97 bits per heavy atom. The third kappa shape index (κ3) is 3.93. The van der Waals surface area contributed by atoms with Gasteiger partial charge in [0, 0.05) is 23.5 Å². The molecular weight excluding hydrogens is 484 g/mol. The molecule has 1 fully saturated rings. The van der Waals surface area contributed by atoms with Crippen molar-refractivity contribution in [2.45, 2.75) is 31.4 Å². The van der Waals surface area contributed by atoms with Gasteiger partial charge >= 0.3 is 0 Å². The highest BCUT2D eigenvalue weighted by Crippen LogP contribution is 2.39. The molecule has 9 nitrogen and oxygen atoms in total. The number of hydrogen-bond acceptors (Lipinski definition) is 9. The molecule has 1 atom stereocenters. The topological polar surface area (TPSA) is 113 Å². The number of fused-ring (bicyclic) bond motifs is 2. The molecule has 0 spiro atoms. The minimum absolute atomic E-state index is 0.212. The van der Waals surface area contributed by atoms with Crippen molar-refractivity contribution in [2.24, 2.45) is 0 Å². The van der Waals surface area contributed by atoms with E-state index in [0.717, 1.165) is 76.8 Å². The first kappa shape index (κ1) is 22.3. The van der Waals surface area contributed by atoms with Crippen LogP contribution in [0.3, 0.4) is 0 Å². The molecule has 5 aromatic heterocycles. The molecule has 0 aromatic carbocycles. The number of H-pyrrole nitrogens is 1. The number of nitrogens with one attached hydrogen (secondary N) is 4. The Balaban J connectivity index is 1.24. The zero-order valence-electron chi connectivity index (χ0n) is 20.3. The Morgan fingerprint density at radius 1 is 1.05 bits per heavy atom. The summed E-state index contributed by atoms with van der Waals surface area (Å²) in [5.74, 6) is 1.52. The predicted octanol–water partition coefficient (Wildman–Crippen LogP) is 4.47. The van der Waals surface area contributed by atoms with Crippen molar-refractivity contribution in [1.82, 2.24) is 35.7 Å². The molecule has 0 saturated carbocycles. The first-order valence-corrected chi connectivity index (χ1v) is 13.4. The SMILES string of the molecule is CC1(c2nc3nccc(-c4ccsc4)c3[nH]2)NNc2ccc(-c3cncc(OC4CCNCC4)c3)nc21. The van der Waals surface area contributed by atoms with E-state index in [4.69, 9.17) is 14.7 Å². The molecule has 0 aliphatic carbocycles. The van der Waals surface area contributed by atoms with Crippen LogP contribution in [0.5, 0.6) is 5.75 Å². The van der Waals surface area contributed by atoms with Crippen LogP contribution in [0.15, 0.2) is 59.7 Å². The van der Waals surface area contributed by atoms with E-state index in [0.29, 0.717) is 5.65 Å². The fourth-order valence-electron chi connectivity index (χ4n) is 5.06. The average molecular weight is 511 g/mol. The summed E-state index contributed by atoms with van der Waals surface area (Å²) in [6.45, 7) is 4.03. The molecule has 0 radical (unpaired) electrons. The minimum Gasteiger partial charge on any atom is -0.489 e. The van der Waals surface area contributed by atoms with Gasteiger partial charge in [0.2, 0.25) is 0 Å². The van der Waals surface area contributed by atoms with Crippen LogP contribution in [0.25, 0.3) is 33.5 Å². The van der Waals surface area contributed by atoms with Crippen molar-refractivity contribution >= 4 is 28.2 Å². The second-order valence-corrected chi connectivity index (χ2v) is 10.4. The molecule has 2 aliphatic rings. The average Bonchev–Trinajstić information content (AvgIpc) is 3.69. The third-order valence-electron chi connectivity index (χ3n) is 7.11. The van der Waals surface area contributed by atoms with Gasteiger partial charge in [0.1, 0.15) is 23.2 Å². The summed E-state index contributed by atoms with van der Waals surface area (Å²) in [5, 5.41) is 7.58. The molecule has 0 bridgehead atoms. The summed E-state index contributed by atoms with van der Waals surface area (Å²) in [5.41, 5.74) is 13.3. The molecule has 4 N–H and O–H groups in total. The third-order valence-corrected chi connectivity index (χ3v) is 7.79. The highest BCUT2D eigenvalue weighted by molar-refractivity contribution is 7.08. The first-order valence-electron chi connectivity index (χ1n) is 12.4. The van der Waals surface area contributed by atoms with Crippen molar-refractivity contribution < 1.29 is 4.74 Å². The zero-order chi connectivity index (χ0) is 24.8. The van der Waals surface area contributed by atoms with E-state index in [1.807, 2.05) is 30.5 Å². The van der Waals surface area contributed by atoms with Crippen molar-refractivity contribution in [2.75, 3.05) is 18.5 Å². The van der Waals surface area contributed by atoms with E-state index in [1.54, 1.807) is 23.7 Å². The molecule has 0 amide bonds. The summed E-state index contributed by atoms with van der Waals surface area (Å²) in [4.78, 5) is 22.4. The Labute approximate surface area is 217 Å². The van der Waals surface area contributed by atoms with Crippen LogP contribution in [0.1, 0.15) is 31.3 Å². The summed E-state index contributed by atoms with van der Waals surface area (Å²) < 4.78 is 6.22. The molecule has 10 heteroatoms. The van der Waals surface area contributed by atoms with Crippen LogP contribution in [0.4, 0.5) is 5.69 Å². The molecule has 2 aliphatic heterocycles. The van der Waals surface area contributed by atoms with E-state index in [2.05, 4.69) is 54.9 Å². The molecule has 186 valence electrons. The van der Waals surface area contributed by atoms with E-state index in [9.17, 15) is 0 Å². The van der Waals surface area contributed by atoms with Crippen molar-refractivity contribution in [1.29, 1.82) is 0 Å². The number of aromatic amines is 1. The van der Waals surface area contributed by atoms with Gasteiger partial charge in [-0.1, -0.05) is 0 Å². The van der Waals surface area contributed by atoms with E-state index in [-0.39, 0.29) is 6.10 Å². The standard InChI is InChI=1S/C27H26N8OS/c1-27(26-32-23-20(16-7-11-37-15-16)6-10-30-25(23)33-26)24-22(34-35-27)3-2-21(31-24)17-12-19(14-29-13-17)36-18-4-8-28-9-5-18/h2-3,6-7,10-15,18,28,34-35H,4-5,8-9H2,1H3,(H,30,32,33). The van der Waals surface area contributed by atoms with Crippen molar-refractivity contribution in [3.05, 3.63) is 71.2 Å². The number of nitrogens with zero attached hydrogens (tertiary/aromatic N) is 4. The van der Waals surface area contributed by atoms with Crippen LogP contribution in [0, 0.1) is 0 Å². The maximum atomic E-state index is 6.22. The van der Waals surface area contributed by atoms with Crippen LogP contribution in [-0.2, 0) is 5.54 Å². The molecular formula is C27H26N8OS. The molecule has 1 saturated heterocycles. The highest BCUT2D eigenvalue weighted by Gasteiger charge is 2.41. The predicted molar refractivity (Wildman–Crippen MR) is 144 cm³/mol. The molecule has 37 heavy (non-hydrogen) atoms. The maximum Gasteiger partial charge on any atom is 0.178 e. The lowest BCUT2D eigenvalue weighted by molar-refractivity contribution is 0.162. The first-order chi connectivity index (χ1) is 18.2. The fraction of sp³-hybridized carbons (Fsp3) is 0.259. The van der Waals surface area contributed by atoms with E-state index < -0.39 is 5.54 Å². The number of ether oxygens (including phenoxy) is 1. The van der Waals surface area contributed by atoms with Gasteiger partial charge in [-0.25, -0.2) is 20.4 Å². The molecule has 7 rings (SSSR count). The number of thiophene rings is 1. The summed E-state index contributed by atoms with van der Waals surface area (Å²) in [6, 6.07) is 10.2. The number of rotatable bonds is 5. The van der Waals surface area contributed by atoms with Gasteiger partial charge in [-0.3, -0.25) is 4.98 Å². The van der Waals surface area contributed by atoms with Crippen LogP contribution in [-0.4, -0.2) is 44.1 Å². The summed E-state index contributed by atoms with van der Waals surface area (Å²) in [7, 11) is 0. The second-order valence-electron chi connectivity index (χ2n) is 9.60. The summed E-state index contributed by atoms with van der Waals surface area (Å²) in [6.07, 6.45) is 7.62. The lowest BCUT2D eigenvalue weighted by Gasteiger charge is -2.24. The zero-order valence-corrected chi connectivity index (χ0v) is 21.1. The number of aromatic nitrogens is 5. The maximum absolute atomic E-state index is 6.22. The van der Waals surface area contributed by atoms with Crippen LogP contribution in [0.2, 0.25) is 0 Å². The Bertz CT molecular complexity index is 1580. The van der Waals surface area contributed by atoms with Gasteiger partial charge in [-0.15, -0.1) is 0 Å². The summed E-state index contributed by atoms with van der Waals surface area (Å²) >= 11 is 1.67.